The Hall–Kier alpha value is 0.0500. The summed E-state index contributed by atoms with van der Waals surface area (Å²) in [4.78, 5) is 3.38. The number of likely N-dealkylation sites (N-methyl/N-ethyl adjacent to an activating group) is 1. The van der Waals surface area contributed by atoms with Crippen molar-refractivity contribution in [1.82, 2.24) is 9.21 Å². The monoisotopic (exact) mass is 352 g/mol. The molecule has 1 saturated heterocycles. The maximum absolute atomic E-state index is 12.5. The lowest BCUT2D eigenvalue weighted by Gasteiger charge is -2.20. The summed E-state index contributed by atoms with van der Waals surface area (Å²) in [5, 5.41) is 0. The number of hydrogen-bond acceptors (Lipinski definition) is 4. The number of rotatable bonds is 3. The molecular weight excluding hydrogens is 336 g/mol. The maximum atomic E-state index is 12.5. The van der Waals surface area contributed by atoms with Gasteiger partial charge in [-0.3, -0.25) is 0 Å². The van der Waals surface area contributed by atoms with E-state index in [1.54, 1.807) is 10.4 Å². The minimum absolute atomic E-state index is 0.321. The summed E-state index contributed by atoms with van der Waals surface area (Å²) in [5.41, 5.74) is 0. The Morgan fingerprint density at radius 2 is 2.17 bits per heavy atom. The van der Waals surface area contributed by atoms with E-state index in [0.29, 0.717) is 24.0 Å². The molecule has 0 radical (unpaired) electrons. The van der Waals surface area contributed by atoms with Crippen LogP contribution in [-0.4, -0.2) is 50.8 Å². The zero-order chi connectivity index (χ0) is 13.5. The summed E-state index contributed by atoms with van der Waals surface area (Å²) in [6, 6.07) is 2.03. The molecule has 0 aromatic carbocycles. The van der Waals surface area contributed by atoms with Crippen molar-refractivity contribution in [3.63, 3.8) is 0 Å². The quantitative estimate of drug-likeness (QED) is 0.836. The standard InChI is InChI=1S/C11H17BrN2O2S2/c1-8-10(6-11(12)17-8)18(15,16)14-5-4-9(7-14)13(2)3/h6,9H,4-5,7H2,1-3H3. The van der Waals surface area contributed by atoms with E-state index in [1.165, 1.54) is 11.3 Å². The average molecular weight is 353 g/mol. The van der Waals surface area contributed by atoms with Gasteiger partial charge < -0.3 is 4.90 Å². The number of sulfonamides is 1. The predicted molar refractivity (Wildman–Crippen MR) is 77.6 cm³/mol. The largest absolute Gasteiger partial charge is 0.305 e. The lowest BCUT2D eigenvalue weighted by Crippen LogP contribution is -2.34. The van der Waals surface area contributed by atoms with Crippen LogP contribution in [0.15, 0.2) is 14.7 Å². The summed E-state index contributed by atoms with van der Waals surface area (Å²) in [7, 11) is 0.659. The van der Waals surface area contributed by atoms with Crippen LogP contribution in [0.5, 0.6) is 0 Å². The van der Waals surface area contributed by atoms with Gasteiger partial charge in [0.1, 0.15) is 0 Å². The fourth-order valence-electron chi connectivity index (χ4n) is 2.18. The zero-order valence-corrected chi connectivity index (χ0v) is 13.9. The summed E-state index contributed by atoms with van der Waals surface area (Å²) in [6.07, 6.45) is 0.899. The summed E-state index contributed by atoms with van der Waals surface area (Å²) in [6.45, 7) is 3.04. The molecule has 0 spiro atoms. The molecular formula is C11H17BrN2O2S2. The highest BCUT2D eigenvalue weighted by atomic mass is 79.9. The Bertz CT molecular complexity index is 539. The Labute approximate surface area is 121 Å². The number of nitrogens with zero attached hydrogens (tertiary/aromatic N) is 2. The van der Waals surface area contributed by atoms with Gasteiger partial charge in [-0.2, -0.15) is 4.31 Å². The van der Waals surface area contributed by atoms with Gasteiger partial charge in [0.25, 0.3) is 0 Å². The topological polar surface area (TPSA) is 40.6 Å². The van der Waals surface area contributed by atoms with Crippen LogP contribution in [0.1, 0.15) is 11.3 Å². The average Bonchev–Trinajstić information content (AvgIpc) is 2.85. The maximum Gasteiger partial charge on any atom is 0.244 e. The molecule has 0 saturated carbocycles. The number of hydrogen-bond donors (Lipinski definition) is 0. The normalized spacial score (nSPS) is 21.9. The van der Waals surface area contributed by atoms with Crippen molar-refractivity contribution in [3.05, 3.63) is 14.7 Å². The second-order valence-electron chi connectivity index (χ2n) is 4.74. The summed E-state index contributed by atoms with van der Waals surface area (Å²) < 4.78 is 27.5. The van der Waals surface area contributed by atoms with Crippen LogP contribution in [0.25, 0.3) is 0 Å². The van der Waals surface area contributed by atoms with Gasteiger partial charge >= 0.3 is 0 Å². The van der Waals surface area contributed by atoms with Crippen molar-refractivity contribution >= 4 is 37.3 Å². The van der Waals surface area contributed by atoms with Gasteiger partial charge in [0, 0.05) is 24.0 Å². The highest BCUT2D eigenvalue weighted by molar-refractivity contribution is 9.11. The molecule has 1 atom stereocenters. The van der Waals surface area contributed by atoms with Crippen LogP contribution in [-0.2, 0) is 10.0 Å². The SMILES string of the molecule is Cc1sc(Br)cc1S(=O)(=O)N1CCC(N(C)C)C1. The number of thiophene rings is 1. The second kappa shape index (κ2) is 5.20. The first-order valence-corrected chi connectivity index (χ1v) is 8.80. The van der Waals surface area contributed by atoms with Gasteiger partial charge in [0.05, 0.1) is 8.68 Å². The lowest BCUT2D eigenvalue weighted by molar-refractivity contribution is 0.302. The molecule has 18 heavy (non-hydrogen) atoms. The van der Waals surface area contributed by atoms with Crippen LogP contribution >= 0.6 is 27.3 Å². The van der Waals surface area contributed by atoms with Crippen molar-refractivity contribution in [1.29, 1.82) is 0 Å². The third kappa shape index (κ3) is 2.65. The number of aryl methyl sites for hydroxylation is 1. The van der Waals surface area contributed by atoms with Gasteiger partial charge in [-0.15, -0.1) is 11.3 Å². The Kier molecular flexibility index (Phi) is 4.18. The lowest BCUT2D eigenvalue weighted by atomic mass is 10.2. The molecule has 7 heteroatoms. The zero-order valence-electron chi connectivity index (χ0n) is 10.7. The smallest absolute Gasteiger partial charge is 0.244 e. The van der Waals surface area contributed by atoms with E-state index in [4.69, 9.17) is 0 Å². The first kappa shape index (κ1) is 14.5. The third-order valence-corrected chi connectivity index (χ3v) is 6.99. The highest BCUT2D eigenvalue weighted by Gasteiger charge is 2.34. The fourth-order valence-corrected chi connectivity index (χ4v) is 6.05. The first-order valence-electron chi connectivity index (χ1n) is 5.75. The molecule has 1 aromatic heterocycles. The molecule has 2 rings (SSSR count). The summed E-state index contributed by atoms with van der Waals surface area (Å²) in [5.74, 6) is 0. The van der Waals surface area contributed by atoms with Gasteiger partial charge in [-0.05, 0) is 49.4 Å². The Morgan fingerprint density at radius 3 is 2.61 bits per heavy atom. The molecule has 0 aliphatic carbocycles. The molecule has 0 amide bonds. The van der Waals surface area contributed by atoms with Gasteiger partial charge in [0.2, 0.25) is 10.0 Å². The molecule has 1 aromatic rings. The highest BCUT2D eigenvalue weighted by Crippen LogP contribution is 2.32. The van der Waals surface area contributed by atoms with E-state index in [1.807, 2.05) is 21.0 Å². The summed E-state index contributed by atoms with van der Waals surface area (Å²) >= 11 is 4.81. The van der Waals surface area contributed by atoms with E-state index in [9.17, 15) is 8.42 Å². The van der Waals surface area contributed by atoms with Crippen molar-refractivity contribution in [3.8, 4) is 0 Å². The van der Waals surface area contributed by atoms with Crippen molar-refractivity contribution in [2.24, 2.45) is 0 Å². The molecule has 2 heterocycles. The molecule has 1 fully saturated rings. The Morgan fingerprint density at radius 1 is 1.50 bits per heavy atom. The van der Waals surface area contributed by atoms with E-state index >= 15 is 0 Å². The minimum atomic E-state index is -3.33. The van der Waals surface area contributed by atoms with E-state index < -0.39 is 10.0 Å². The number of halogens is 1. The molecule has 1 aliphatic heterocycles. The van der Waals surface area contributed by atoms with E-state index in [-0.39, 0.29) is 0 Å². The van der Waals surface area contributed by atoms with Crippen LogP contribution < -0.4 is 0 Å². The van der Waals surface area contributed by atoms with E-state index in [0.717, 1.165) is 15.1 Å². The predicted octanol–water partition coefficient (Wildman–Crippen LogP) is 2.14. The van der Waals surface area contributed by atoms with Crippen LogP contribution in [0.4, 0.5) is 0 Å². The molecule has 0 N–H and O–H groups in total. The fraction of sp³-hybridized carbons (Fsp3) is 0.636. The van der Waals surface area contributed by atoms with Crippen LogP contribution in [0.3, 0.4) is 0 Å². The van der Waals surface area contributed by atoms with Gasteiger partial charge in [-0.25, -0.2) is 8.42 Å². The molecule has 1 unspecified atom stereocenters. The third-order valence-electron chi connectivity index (χ3n) is 3.32. The minimum Gasteiger partial charge on any atom is -0.305 e. The molecule has 102 valence electrons. The molecule has 4 nitrogen and oxygen atoms in total. The first-order chi connectivity index (χ1) is 8.32. The second-order valence-corrected chi connectivity index (χ2v) is 9.28. The molecule has 0 bridgehead atoms. The van der Waals surface area contributed by atoms with Crippen LogP contribution in [0.2, 0.25) is 0 Å². The molecule has 1 aliphatic rings. The van der Waals surface area contributed by atoms with Crippen molar-refractivity contribution < 1.29 is 8.42 Å². The van der Waals surface area contributed by atoms with Crippen molar-refractivity contribution in [2.75, 3.05) is 27.2 Å². The van der Waals surface area contributed by atoms with Crippen molar-refractivity contribution in [2.45, 2.75) is 24.3 Å². The van der Waals surface area contributed by atoms with Gasteiger partial charge in [-0.1, -0.05) is 0 Å². The van der Waals surface area contributed by atoms with Crippen LogP contribution in [0, 0.1) is 6.92 Å². The van der Waals surface area contributed by atoms with E-state index in [2.05, 4.69) is 20.8 Å². The van der Waals surface area contributed by atoms with Gasteiger partial charge in [0.15, 0.2) is 0 Å². The Balaban J connectivity index is 2.26.